The van der Waals surface area contributed by atoms with Crippen molar-refractivity contribution in [3.8, 4) is 11.5 Å². The topological polar surface area (TPSA) is 30.5 Å². The minimum Gasteiger partial charge on any atom is -0.493 e. The van der Waals surface area contributed by atoms with Crippen molar-refractivity contribution in [3.63, 3.8) is 0 Å². The molecule has 1 aromatic carbocycles. The van der Waals surface area contributed by atoms with E-state index in [-0.39, 0.29) is 0 Å². The van der Waals surface area contributed by atoms with Crippen LogP contribution in [-0.4, -0.2) is 19.8 Å². The fourth-order valence-corrected chi connectivity index (χ4v) is 2.91. The molecular formula is C17H27NO2. The van der Waals surface area contributed by atoms with Crippen LogP contribution < -0.4 is 14.8 Å². The number of rotatable bonds is 6. The quantitative estimate of drug-likeness (QED) is 0.858. The van der Waals surface area contributed by atoms with Crippen LogP contribution in [-0.2, 0) is 6.54 Å². The zero-order chi connectivity index (χ0) is 14.4. The molecule has 0 spiro atoms. The molecule has 0 heterocycles. The Morgan fingerprint density at radius 2 is 2.15 bits per heavy atom. The standard InChI is InChI=1S/C17H27NO2/c1-4-18-12-14-8-6-10-16(19-3)17(14)20-15-9-5-7-13(2)11-15/h6,8,10,13,15,18H,4-5,7,9,11-12H2,1-3H3. The van der Waals surface area contributed by atoms with E-state index >= 15 is 0 Å². The third-order valence-corrected chi connectivity index (χ3v) is 4.02. The molecule has 3 heteroatoms. The molecule has 0 amide bonds. The smallest absolute Gasteiger partial charge is 0.166 e. The van der Waals surface area contributed by atoms with Gasteiger partial charge >= 0.3 is 0 Å². The summed E-state index contributed by atoms with van der Waals surface area (Å²) >= 11 is 0. The Kier molecular flexibility index (Phi) is 5.72. The summed E-state index contributed by atoms with van der Waals surface area (Å²) in [6.07, 6.45) is 5.23. The van der Waals surface area contributed by atoms with Crippen molar-refractivity contribution < 1.29 is 9.47 Å². The molecule has 20 heavy (non-hydrogen) atoms. The van der Waals surface area contributed by atoms with Gasteiger partial charge < -0.3 is 14.8 Å². The molecule has 0 radical (unpaired) electrons. The average molecular weight is 277 g/mol. The van der Waals surface area contributed by atoms with Gasteiger partial charge in [0.25, 0.3) is 0 Å². The Bertz CT molecular complexity index is 419. The van der Waals surface area contributed by atoms with Crippen molar-refractivity contribution in [1.82, 2.24) is 5.32 Å². The van der Waals surface area contributed by atoms with E-state index in [9.17, 15) is 0 Å². The Morgan fingerprint density at radius 1 is 1.30 bits per heavy atom. The summed E-state index contributed by atoms with van der Waals surface area (Å²) in [6, 6.07) is 6.13. The van der Waals surface area contributed by atoms with Gasteiger partial charge in [0.15, 0.2) is 11.5 Å². The summed E-state index contributed by atoms with van der Waals surface area (Å²) in [7, 11) is 1.71. The fourth-order valence-electron chi connectivity index (χ4n) is 2.91. The molecule has 2 atom stereocenters. The molecule has 1 aromatic rings. The summed E-state index contributed by atoms with van der Waals surface area (Å²) in [5, 5.41) is 3.37. The van der Waals surface area contributed by atoms with Crippen molar-refractivity contribution in [2.75, 3.05) is 13.7 Å². The maximum absolute atomic E-state index is 6.31. The largest absolute Gasteiger partial charge is 0.493 e. The van der Waals surface area contributed by atoms with Gasteiger partial charge in [-0.15, -0.1) is 0 Å². The molecule has 1 saturated carbocycles. The Morgan fingerprint density at radius 3 is 2.85 bits per heavy atom. The second kappa shape index (κ2) is 7.53. The summed E-state index contributed by atoms with van der Waals surface area (Å²) < 4.78 is 11.8. The lowest BCUT2D eigenvalue weighted by Crippen LogP contribution is -2.25. The van der Waals surface area contributed by atoms with E-state index in [2.05, 4.69) is 25.2 Å². The molecule has 0 bridgehead atoms. The SMILES string of the molecule is CCNCc1cccc(OC)c1OC1CCCC(C)C1. The highest BCUT2D eigenvalue weighted by atomic mass is 16.5. The van der Waals surface area contributed by atoms with E-state index in [1.54, 1.807) is 7.11 Å². The van der Waals surface area contributed by atoms with E-state index in [4.69, 9.17) is 9.47 Å². The number of ether oxygens (including phenoxy) is 2. The molecule has 0 saturated heterocycles. The molecule has 1 aliphatic rings. The second-order valence-corrected chi connectivity index (χ2v) is 5.74. The van der Waals surface area contributed by atoms with Crippen LogP contribution in [0.15, 0.2) is 18.2 Å². The van der Waals surface area contributed by atoms with Crippen molar-refractivity contribution in [2.24, 2.45) is 5.92 Å². The van der Waals surface area contributed by atoms with Crippen LogP contribution in [0.5, 0.6) is 11.5 Å². The van der Waals surface area contributed by atoms with Crippen molar-refractivity contribution >= 4 is 0 Å². The molecule has 0 aliphatic heterocycles. The monoisotopic (exact) mass is 277 g/mol. The number of hydrogen-bond acceptors (Lipinski definition) is 3. The lowest BCUT2D eigenvalue weighted by molar-refractivity contribution is 0.123. The predicted molar refractivity (Wildman–Crippen MR) is 82.4 cm³/mol. The third-order valence-electron chi connectivity index (χ3n) is 4.02. The van der Waals surface area contributed by atoms with Crippen molar-refractivity contribution in [1.29, 1.82) is 0 Å². The average Bonchev–Trinajstić information content (AvgIpc) is 2.46. The minimum atomic E-state index is 0.329. The van der Waals surface area contributed by atoms with E-state index < -0.39 is 0 Å². The Hall–Kier alpha value is -1.22. The number of methoxy groups -OCH3 is 1. The van der Waals surface area contributed by atoms with E-state index in [1.807, 2.05) is 12.1 Å². The van der Waals surface area contributed by atoms with E-state index in [0.29, 0.717) is 6.10 Å². The van der Waals surface area contributed by atoms with Crippen LogP contribution in [0.2, 0.25) is 0 Å². The zero-order valence-electron chi connectivity index (χ0n) is 12.9. The zero-order valence-corrected chi connectivity index (χ0v) is 12.9. The third kappa shape index (κ3) is 3.89. The lowest BCUT2D eigenvalue weighted by Gasteiger charge is -2.29. The van der Waals surface area contributed by atoms with E-state index in [1.165, 1.54) is 18.4 Å². The molecule has 1 aliphatic carbocycles. The van der Waals surface area contributed by atoms with Crippen molar-refractivity contribution in [2.45, 2.75) is 52.2 Å². The lowest BCUT2D eigenvalue weighted by atomic mass is 9.88. The fraction of sp³-hybridized carbons (Fsp3) is 0.647. The maximum Gasteiger partial charge on any atom is 0.166 e. The van der Waals surface area contributed by atoms with Crippen LogP contribution >= 0.6 is 0 Å². The second-order valence-electron chi connectivity index (χ2n) is 5.74. The molecule has 1 fully saturated rings. The summed E-state index contributed by atoms with van der Waals surface area (Å²) in [4.78, 5) is 0. The number of hydrogen-bond donors (Lipinski definition) is 1. The highest BCUT2D eigenvalue weighted by molar-refractivity contribution is 5.46. The van der Waals surface area contributed by atoms with Gasteiger partial charge in [-0.1, -0.05) is 32.4 Å². The molecule has 2 unspecified atom stereocenters. The number of para-hydroxylation sites is 1. The Labute approximate surface area is 122 Å². The van der Waals surface area contributed by atoms with Crippen LogP contribution in [0.3, 0.4) is 0 Å². The first-order chi connectivity index (χ1) is 9.74. The number of benzene rings is 1. The minimum absolute atomic E-state index is 0.329. The van der Waals surface area contributed by atoms with Gasteiger partial charge in [0.1, 0.15) is 0 Å². The van der Waals surface area contributed by atoms with Gasteiger partial charge in [-0.25, -0.2) is 0 Å². The molecule has 3 nitrogen and oxygen atoms in total. The van der Waals surface area contributed by atoms with Crippen LogP contribution in [0, 0.1) is 5.92 Å². The summed E-state index contributed by atoms with van der Waals surface area (Å²) in [6.45, 7) is 6.21. The normalized spacial score (nSPS) is 22.6. The maximum atomic E-state index is 6.31. The summed E-state index contributed by atoms with van der Waals surface area (Å²) in [5.41, 5.74) is 1.18. The highest BCUT2D eigenvalue weighted by Crippen LogP contribution is 2.35. The first kappa shape index (κ1) is 15.2. The van der Waals surface area contributed by atoms with Gasteiger partial charge in [0, 0.05) is 12.1 Å². The molecule has 112 valence electrons. The van der Waals surface area contributed by atoms with Crippen molar-refractivity contribution in [3.05, 3.63) is 23.8 Å². The molecule has 0 aromatic heterocycles. The molecule has 1 N–H and O–H groups in total. The number of nitrogens with one attached hydrogen (secondary N) is 1. The van der Waals surface area contributed by atoms with Gasteiger partial charge in [-0.05, 0) is 37.8 Å². The van der Waals surface area contributed by atoms with Gasteiger partial charge in [0.2, 0.25) is 0 Å². The van der Waals surface area contributed by atoms with Crippen LogP contribution in [0.4, 0.5) is 0 Å². The van der Waals surface area contributed by atoms with Crippen LogP contribution in [0.1, 0.15) is 45.1 Å². The predicted octanol–water partition coefficient (Wildman–Crippen LogP) is 3.76. The van der Waals surface area contributed by atoms with Crippen LogP contribution in [0.25, 0.3) is 0 Å². The Balaban J connectivity index is 2.14. The van der Waals surface area contributed by atoms with Gasteiger partial charge in [-0.3, -0.25) is 0 Å². The summed E-state index contributed by atoms with van der Waals surface area (Å²) in [5.74, 6) is 2.54. The van der Waals surface area contributed by atoms with E-state index in [0.717, 1.165) is 43.3 Å². The first-order valence-electron chi connectivity index (χ1n) is 7.77. The first-order valence-corrected chi connectivity index (χ1v) is 7.77. The molecule has 2 rings (SSSR count). The van der Waals surface area contributed by atoms with Gasteiger partial charge in [-0.2, -0.15) is 0 Å². The van der Waals surface area contributed by atoms with Gasteiger partial charge in [0.05, 0.1) is 13.2 Å². The molecular weight excluding hydrogens is 250 g/mol. The highest BCUT2D eigenvalue weighted by Gasteiger charge is 2.22.